The van der Waals surface area contributed by atoms with Crippen LogP contribution in [0.1, 0.15) is 40.0 Å². The maximum absolute atomic E-state index is 10.3. The molecule has 1 aliphatic rings. The molecular formula is C15H33NO3PS+. The van der Waals surface area contributed by atoms with Crippen LogP contribution >= 0.6 is 6.72 Å². The Labute approximate surface area is 135 Å². The molecule has 1 N–H and O–H groups in total. The number of rotatable bonds is 7. The SMILES string of the molecule is CC1CCC(C(C)C)C(OP(O)(=S)OCC[N+](C)(C)C)C1. The zero-order chi connectivity index (χ0) is 16.3. The fourth-order valence-corrected chi connectivity index (χ4v) is 4.38. The molecule has 0 aromatic carbocycles. The molecule has 6 heteroatoms. The maximum Gasteiger partial charge on any atom is 0.325 e. The van der Waals surface area contributed by atoms with E-state index in [1.165, 1.54) is 6.42 Å². The van der Waals surface area contributed by atoms with E-state index in [0.717, 1.165) is 23.9 Å². The van der Waals surface area contributed by atoms with Gasteiger partial charge in [-0.15, -0.1) is 0 Å². The molecule has 1 fully saturated rings. The van der Waals surface area contributed by atoms with E-state index < -0.39 is 6.72 Å². The normalized spacial score (nSPS) is 30.4. The lowest BCUT2D eigenvalue weighted by atomic mass is 9.75. The fourth-order valence-electron chi connectivity index (χ4n) is 2.87. The van der Waals surface area contributed by atoms with Crippen molar-refractivity contribution in [1.82, 2.24) is 0 Å². The Morgan fingerprint density at radius 1 is 1.29 bits per heavy atom. The van der Waals surface area contributed by atoms with Crippen LogP contribution in [0.4, 0.5) is 0 Å². The van der Waals surface area contributed by atoms with Crippen molar-refractivity contribution < 1.29 is 18.4 Å². The molecule has 0 amide bonds. The first-order valence-electron chi connectivity index (χ1n) is 7.96. The summed E-state index contributed by atoms with van der Waals surface area (Å²) in [5.41, 5.74) is 0. The van der Waals surface area contributed by atoms with Crippen LogP contribution in [-0.2, 0) is 20.9 Å². The Morgan fingerprint density at radius 3 is 2.43 bits per heavy atom. The summed E-state index contributed by atoms with van der Waals surface area (Å²) < 4.78 is 12.2. The van der Waals surface area contributed by atoms with Crippen molar-refractivity contribution in [1.29, 1.82) is 0 Å². The van der Waals surface area contributed by atoms with Crippen LogP contribution in [-0.4, -0.2) is 49.8 Å². The molecule has 4 unspecified atom stereocenters. The van der Waals surface area contributed by atoms with Gasteiger partial charge in [-0.05, 0) is 42.4 Å². The molecular weight excluding hydrogens is 305 g/mol. The Kier molecular flexibility index (Phi) is 7.30. The molecule has 0 aromatic heterocycles. The topological polar surface area (TPSA) is 38.7 Å². The zero-order valence-electron chi connectivity index (χ0n) is 14.4. The third-order valence-electron chi connectivity index (χ3n) is 4.25. The maximum atomic E-state index is 10.3. The van der Waals surface area contributed by atoms with Crippen molar-refractivity contribution >= 4 is 18.5 Å². The van der Waals surface area contributed by atoms with E-state index >= 15 is 0 Å². The van der Waals surface area contributed by atoms with E-state index in [1.807, 2.05) is 0 Å². The fraction of sp³-hybridized carbons (Fsp3) is 1.00. The van der Waals surface area contributed by atoms with Crippen LogP contribution in [0.3, 0.4) is 0 Å². The van der Waals surface area contributed by atoms with Crippen molar-refractivity contribution in [2.45, 2.75) is 46.1 Å². The largest absolute Gasteiger partial charge is 0.329 e. The summed E-state index contributed by atoms with van der Waals surface area (Å²) in [6.45, 7) is 4.79. The second-order valence-electron chi connectivity index (χ2n) is 7.79. The molecule has 1 aliphatic carbocycles. The van der Waals surface area contributed by atoms with Gasteiger partial charge in [-0.1, -0.05) is 27.2 Å². The molecule has 0 aliphatic heterocycles. The van der Waals surface area contributed by atoms with Gasteiger partial charge in [0.15, 0.2) is 0 Å². The molecule has 1 saturated carbocycles. The number of nitrogens with zero attached hydrogens (tertiary/aromatic N) is 1. The average Bonchev–Trinajstić information content (AvgIpc) is 2.25. The van der Waals surface area contributed by atoms with Gasteiger partial charge >= 0.3 is 6.72 Å². The van der Waals surface area contributed by atoms with Crippen LogP contribution in [0.5, 0.6) is 0 Å². The summed E-state index contributed by atoms with van der Waals surface area (Å²) in [6, 6.07) is 0. The Bertz CT molecular complexity index is 370. The summed E-state index contributed by atoms with van der Waals surface area (Å²) in [5.74, 6) is 1.65. The lowest BCUT2D eigenvalue weighted by molar-refractivity contribution is -0.870. The molecule has 0 radical (unpaired) electrons. The highest BCUT2D eigenvalue weighted by Crippen LogP contribution is 2.49. The Morgan fingerprint density at radius 2 is 1.90 bits per heavy atom. The number of quaternary nitrogens is 1. The van der Waals surface area contributed by atoms with Crippen molar-refractivity contribution in [3.8, 4) is 0 Å². The van der Waals surface area contributed by atoms with Crippen LogP contribution in [0.15, 0.2) is 0 Å². The molecule has 0 bridgehead atoms. The minimum absolute atomic E-state index is 0.0358. The Hall–Kier alpha value is 0.490. The van der Waals surface area contributed by atoms with Crippen molar-refractivity contribution in [2.24, 2.45) is 17.8 Å². The van der Waals surface area contributed by atoms with Gasteiger partial charge in [0.1, 0.15) is 13.2 Å². The van der Waals surface area contributed by atoms with Crippen LogP contribution in [0.25, 0.3) is 0 Å². The van der Waals surface area contributed by atoms with Crippen molar-refractivity contribution in [2.75, 3.05) is 34.3 Å². The van der Waals surface area contributed by atoms with Crippen molar-refractivity contribution in [3.63, 3.8) is 0 Å². The highest BCUT2D eigenvalue weighted by Gasteiger charge is 2.35. The van der Waals surface area contributed by atoms with Gasteiger partial charge in [0.25, 0.3) is 0 Å². The van der Waals surface area contributed by atoms with Crippen LogP contribution in [0, 0.1) is 17.8 Å². The molecule has 126 valence electrons. The van der Waals surface area contributed by atoms with E-state index in [0.29, 0.717) is 24.4 Å². The molecule has 21 heavy (non-hydrogen) atoms. The van der Waals surface area contributed by atoms with Gasteiger partial charge in [0.05, 0.1) is 27.2 Å². The van der Waals surface area contributed by atoms with Crippen LogP contribution < -0.4 is 0 Å². The first-order chi connectivity index (χ1) is 9.50. The minimum atomic E-state index is -3.13. The number of hydrogen-bond donors (Lipinski definition) is 1. The number of likely N-dealkylation sites (N-methyl/N-ethyl adjacent to an activating group) is 1. The number of hydrogen-bond acceptors (Lipinski definition) is 3. The summed E-state index contributed by atoms with van der Waals surface area (Å²) in [5, 5.41) is 0. The molecule has 0 spiro atoms. The summed E-state index contributed by atoms with van der Waals surface area (Å²) in [7, 11) is 6.26. The standard InChI is InChI=1S/C15H32NO3PS/c1-12(2)14-8-7-13(3)11-15(14)19-20(17,21)18-10-9-16(4,5)6/h12-15H,7-11H2,1-6H3/p+1. The van der Waals surface area contributed by atoms with E-state index in [1.54, 1.807) is 0 Å². The smallest absolute Gasteiger partial charge is 0.325 e. The van der Waals surface area contributed by atoms with Crippen LogP contribution in [0.2, 0.25) is 0 Å². The predicted octanol–water partition coefficient (Wildman–Crippen LogP) is 3.40. The first kappa shape index (κ1) is 19.5. The van der Waals surface area contributed by atoms with Gasteiger partial charge in [-0.25, -0.2) is 0 Å². The Balaban J connectivity index is 2.56. The molecule has 0 aromatic rings. The second-order valence-corrected chi connectivity index (χ2v) is 10.6. The first-order valence-corrected chi connectivity index (χ1v) is 10.6. The zero-order valence-corrected chi connectivity index (χ0v) is 16.1. The average molecular weight is 338 g/mol. The lowest BCUT2D eigenvalue weighted by Crippen LogP contribution is -2.37. The second kappa shape index (κ2) is 7.85. The lowest BCUT2D eigenvalue weighted by Gasteiger charge is -2.38. The third kappa shape index (κ3) is 7.54. The molecule has 0 saturated heterocycles. The predicted molar refractivity (Wildman–Crippen MR) is 91.6 cm³/mol. The highest BCUT2D eigenvalue weighted by atomic mass is 32.5. The van der Waals surface area contributed by atoms with E-state index in [-0.39, 0.29) is 6.10 Å². The highest BCUT2D eigenvalue weighted by molar-refractivity contribution is 8.07. The molecule has 0 heterocycles. The van der Waals surface area contributed by atoms with E-state index in [4.69, 9.17) is 20.9 Å². The third-order valence-corrected chi connectivity index (χ3v) is 5.87. The molecule has 4 atom stereocenters. The molecule has 1 rings (SSSR count). The molecule has 4 nitrogen and oxygen atoms in total. The van der Waals surface area contributed by atoms with E-state index in [9.17, 15) is 4.89 Å². The van der Waals surface area contributed by atoms with Gasteiger partial charge in [-0.3, -0.25) is 0 Å². The summed E-state index contributed by atoms with van der Waals surface area (Å²) >= 11 is 5.21. The summed E-state index contributed by atoms with van der Waals surface area (Å²) in [4.78, 5) is 10.3. The quantitative estimate of drug-likeness (QED) is 0.570. The minimum Gasteiger partial charge on any atom is -0.329 e. The van der Waals surface area contributed by atoms with Gasteiger partial charge in [0.2, 0.25) is 0 Å². The van der Waals surface area contributed by atoms with E-state index in [2.05, 4.69) is 41.9 Å². The summed E-state index contributed by atoms with van der Waals surface area (Å²) in [6.07, 6.45) is 3.39. The van der Waals surface area contributed by atoms with Crippen molar-refractivity contribution in [3.05, 3.63) is 0 Å². The monoisotopic (exact) mass is 338 g/mol. The van der Waals surface area contributed by atoms with Gasteiger partial charge in [-0.2, -0.15) is 0 Å². The van der Waals surface area contributed by atoms with Gasteiger partial charge < -0.3 is 18.4 Å². The van der Waals surface area contributed by atoms with Gasteiger partial charge in [0, 0.05) is 0 Å².